The van der Waals surface area contributed by atoms with E-state index in [9.17, 15) is 24.0 Å². The van der Waals surface area contributed by atoms with Crippen LogP contribution in [0.2, 0.25) is 0 Å². The molecule has 0 aromatic rings. The number of amides is 6. The number of nitrogens with zero attached hydrogens (tertiary/aromatic N) is 1. The molecule has 4 unspecified atom stereocenters. The van der Waals surface area contributed by atoms with Crippen molar-refractivity contribution in [2.75, 3.05) is 13.2 Å². The lowest BCUT2D eigenvalue weighted by molar-refractivity contribution is -0.151. The molecule has 3 fully saturated rings. The summed E-state index contributed by atoms with van der Waals surface area (Å²) in [4.78, 5) is 62.6. The number of carbonyl (C=O) groups is 5. The van der Waals surface area contributed by atoms with E-state index < -0.39 is 48.5 Å². The van der Waals surface area contributed by atoms with Crippen molar-refractivity contribution in [2.24, 2.45) is 17.3 Å². The van der Waals surface area contributed by atoms with Crippen LogP contribution in [0.1, 0.15) is 72.6 Å². The van der Waals surface area contributed by atoms with Crippen LogP contribution >= 0.6 is 0 Å². The van der Waals surface area contributed by atoms with E-state index in [-0.39, 0.29) is 17.4 Å². The van der Waals surface area contributed by atoms with Gasteiger partial charge in [0.05, 0.1) is 0 Å². The normalized spacial score (nSPS) is 31.2. The van der Waals surface area contributed by atoms with Crippen LogP contribution in [0.15, 0.2) is 0 Å². The fourth-order valence-electron chi connectivity index (χ4n) is 5.87. The van der Waals surface area contributed by atoms with Gasteiger partial charge in [0.15, 0.2) is 6.61 Å². The molecule has 4 atom stereocenters. The average Bonchev–Trinajstić information content (AvgIpc) is 2.89. The number of esters is 1. The Bertz CT molecular complexity index is 828. The zero-order chi connectivity index (χ0) is 24.4. The molecule has 6 amide bonds. The van der Waals surface area contributed by atoms with Crippen LogP contribution in [0.5, 0.6) is 0 Å². The van der Waals surface area contributed by atoms with Crippen LogP contribution < -0.4 is 16.0 Å². The molecular formula is C23H36N4O6. The monoisotopic (exact) mass is 464 g/mol. The Kier molecular flexibility index (Phi) is 7.33. The van der Waals surface area contributed by atoms with Gasteiger partial charge in [-0.1, -0.05) is 40.5 Å². The molecule has 1 aliphatic heterocycles. The maximum atomic E-state index is 13.1. The SMILES string of the molecule is CC1CC(C)(C)CC2(C1)NC(=O)N(CC(=O)OCC(=O)NC(=O)NC1CCCCC1C)C2=O. The highest BCUT2D eigenvalue weighted by Crippen LogP contribution is 2.46. The zero-order valence-electron chi connectivity index (χ0n) is 20.0. The standard InChI is InChI=1S/C23H36N4O6/c1-14-9-22(3,4)13-23(10-14)19(30)27(21(32)26-23)11-18(29)33-12-17(28)25-20(31)24-16-8-6-5-7-15(16)2/h14-16H,5-13H2,1-4H3,(H,26,32)(H2,24,25,28,31). The van der Waals surface area contributed by atoms with Crippen molar-refractivity contribution in [3.63, 3.8) is 0 Å². The van der Waals surface area contributed by atoms with Gasteiger partial charge in [-0.2, -0.15) is 0 Å². The Morgan fingerprint density at radius 1 is 1.12 bits per heavy atom. The van der Waals surface area contributed by atoms with Gasteiger partial charge < -0.3 is 15.4 Å². The van der Waals surface area contributed by atoms with Gasteiger partial charge in [-0.3, -0.25) is 24.6 Å². The number of hydrogen-bond acceptors (Lipinski definition) is 6. The summed E-state index contributed by atoms with van der Waals surface area (Å²) in [6, 6.07) is -1.25. The molecule has 0 aromatic heterocycles. The number of urea groups is 2. The molecule has 0 radical (unpaired) electrons. The van der Waals surface area contributed by atoms with E-state index in [1.165, 1.54) is 0 Å². The Labute approximate surface area is 194 Å². The predicted octanol–water partition coefficient (Wildman–Crippen LogP) is 2.07. The van der Waals surface area contributed by atoms with E-state index >= 15 is 0 Å². The zero-order valence-corrected chi connectivity index (χ0v) is 20.0. The topological polar surface area (TPSA) is 134 Å². The maximum Gasteiger partial charge on any atom is 0.326 e. The molecule has 2 aliphatic carbocycles. The van der Waals surface area contributed by atoms with Gasteiger partial charge in [0.2, 0.25) is 0 Å². The van der Waals surface area contributed by atoms with Crippen LogP contribution in [0.25, 0.3) is 0 Å². The van der Waals surface area contributed by atoms with Gasteiger partial charge in [-0.05, 0) is 49.4 Å². The highest BCUT2D eigenvalue weighted by atomic mass is 16.5. The minimum Gasteiger partial charge on any atom is -0.454 e. The number of carbonyl (C=O) groups excluding carboxylic acids is 5. The fourth-order valence-corrected chi connectivity index (χ4v) is 5.87. The molecule has 0 aromatic carbocycles. The third-order valence-electron chi connectivity index (χ3n) is 6.96. The first kappa shape index (κ1) is 25.0. The maximum absolute atomic E-state index is 13.1. The molecule has 1 spiro atoms. The minimum absolute atomic E-state index is 0.00796. The predicted molar refractivity (Wildman–Crippen MR) is 119 cm³/mol. The lowest BCUT2D eigenvalue weighted by atomic mass is 9.64. The van der Waals surface area contributed by atoms with E-state index in [1.807, 2.05) is 6.92 Å². The summed E-state index contributed by atoms with van der Waals surface area (Å²) >= 11 is 0. The van der Waals surface area contributed by atoms with Crippen LogP contribution in [0.4, 0.5) is 9.59 Å². The fraction of sp³-hybridized carbons (Fsp3) is 0.783. The molecule has 3 N–H and O–H groups in total. The number of nitrogens with one attached hydrogen (secondary N) is 3. The Hall–Kier alpha value is -2.65. The summed E-state index contributed by atoms with van der Waals surface area (Å²) in [6.45, 7) is 6.96. The number of rotatable bonds is 5. The van der Waals surface area contributed by atoms with Gasteiger partial charge in [0.1, 0.15) is 12.1 Å². The first-order valence-electron chi connectivity index (χ1n) is 11.8. The quantitative estimate of drug-likeness (QED) is 0.421. The molecular weight excluding hydrogens is 428 g/mol. The van der Waals surface area contributed by atoms with Crippen molar-refractivity contribution in [3.05, 3.63) is 0 Å². The summed E-state index contributed by atoms with van der Waals surface area (Å²) in [5.41, 5.74) is -1.13. The molecule has 33 heavy (non-hydrogen) atoms. The molecule has 1 saturated heterocycles. The molecule has 10 nitrogen and oxygen atoms in total. The Balaban J connectivity index is 1.46. The van der Waals surface area contributed by atoms with Crippen LogP contribution in [0, 0.1) is 17.3 Å². The van der Waals surface area contributed by atoms with Crippen LogP contribution in [0.3, 0.4) is 0 Å². The van der Waals surface area contributed by atoms with E-state index in [4.69, 9.17) is 4.74 Å². The van der Waals surface area contributed by atoms with Crippen molar-refractivity contribution in [1.82, 2.24) is 20.9 Å². The molecule has 0 bridgehead atoms. The summed E-state index contributed by atoms with van der Waals surface area (Å²) in [5.74, 6) is -1.52. The highest BCUT2D eigenvalue weighted by molar-refractivity contribution is 6.09. The smallest absolute Gasteiger partial charge is 0.326 e. The van der Waals surface area contributed by atoms with Crippen molar-refractivity contribution in [2.45, 2.75) is 84.2 Å². The largest absolute Gasteiger partial charge is 0.454 e. The third-order valence-corrected chi connectivity index (χ3v) is 6.96. The Morgan fingerprint density at radius 3 is 2.48 bits per heavy atom. The van der Waals surface area contributed by atoms with Gasteiger partial charge in [0, 0.05) is 6.04 Å². The first-order valence-corrected chi connectivity index (χ1v) is 11.8. The number of hydrogen-bond donors (Lipinski definition) is 3. The van der Waals surface area contributed by atoms with E-state index in [1.54, 1.807) is 0 Å². The molecule has 2 saturated carbocycles. The lowest BCUT2D eigenvalue weighted by Gasteiger charge is -2.43. The number of ether oxygens (including phenoxy) is 1. The second-order valence-electron chi connectivity index (χ2n) is 10.8. The molecule has 3 aliphatic rings. The molecule has 10 heteroatoms. The summed E-state index contributed by atoms with van der Waals surface area (Å²) in [5, 5.41) is 7.72. The molecule has 1 heterocycles. The second kappa shape index (κ2) is 9.69. The van der Waals surface area contributed by atoms with E-state index in [0.717, 1.165) is 37.0 Å². The average molecular weight is 465 g/mol. The van der Waals surface area contributed by atoms with Crippen LogP contribution in [-0.2, 0) is 19.1 Å². The number of imide groups is 2. The van der Waals surface area contributed by atoms with Crippen molar-refractivity contribution < 1.29 is 28.7 Å². The molecule has 184 valence electrons. The summed E-state index contributed by atoms with van der Waals surface area (Å²) in [6.07, 6.45) is 6.01. The highest BCUT2D eigenvalue weighted by Gasteiger charge is 2.56. The minimum atomic E-state index is -1.01. The summed E-state index contributed by atoms with van der Waals surface area (Å²) < 4.78 is 4.91. The second-order valence-corrected chi connectivity index (χ2v) is 10.8. The lowest BCUT2D eigenvalue weighted by Crippen LogP contribution is -2.54. The Morgan fingerprint density at radius 2 is 1.82 bits per heavy atom. The molecule has 3 rings (SSSR count). The van der Waals surface area contributed by atoms with Gasteiger partial charge in [-0.25, -0.2) is 9.59 Å². The summed E-state index contributed by atoms with van der Waals surface area (Å²) in [7, 11) is 0. The van der Waals surface area contributed by atoms with Gasteiger partial charge in [-0.15, -0.1) is 0 Å². The van der Waals surface area contributed by atoms with Crippen molar-refractivity contribution in [1.29, 1.82) is 0 Å². The van der Waals surface area contributed by atoms with Crippen molar-refractivity contribution >= 4 is 29.8 Å². The van der Waals surface area contributed by atoms with E-state index in [2.05, 4.69) is 36.7 Å². The van der Waals surface area contributed by atoms with Crippen LogP contribution in [-0.4, -0.2) is 59.5 Å². The first-order chi connectivity index (χ1) is 15.4. The van der Waals surface area contributed by atoms with Gasteiger partial charge in [0.25, 0.3) is 11.8 Å². The third kappa shape index (κ3) is 6.03. The van der Waals surface area contributed by atoms with Gasteiger partial charge >= 0.3 is 18.0 Å². The van der Waals surface area contributed by atoms with Crippen molar-refractivity contribution in [3.8, 4) is 0 Å². The van der Waals surface area contributed by atoms with E-state index in [0.29, 0.717) is 18.8 Å².